The SMILES string of the molecule is CCCCCNC(=O)C(=O)c1ccc(F)cc1. The van der Waals surface area contributed by atoms with Gasteiger partial charge in [-0.25, -0.2) is 4.39 Å². The van der Waals surface area contributed by atoms with Gasteiger partial charge < -0.3 is 5.32 Å². The van der Waals surface area contributed by atoms with E-state index in [-0.39, 0.29) is 5.56 Å². The average molecular weight is 237 g/mol. The van der Waals surface area contributed by atoms with E-state index in [9.17, 15) is 14.0 Å². The summed E-state index contributed by atoms with van der Waals surface area (Å²) in [5.41, 5.74) is 0.208. The third-order valence-electron chi connectivity index (χ3n) is 2.38. The fourth-order valence-corrected chi connectivity index (χ4v) is 1.39. The minimum absolute atomic E-state index is 0.208. The average Bonchev–Trinajstić information content (AvgIpc) is 2.34. The van der Waals surface area contributed by atoms with Crippen molar-refractivity contribution in [2.24, 2.45) is 0 Å². The second-order valence-electron chi connectivity index (χ2n) is 3.80. The standard InChI is InChI=1S/C13H16FNO2/c1-2-3-4-9-15-13(17)12(16)10-5-7-11(14)8-6-10/h5-8H,2-4,9H2,1H3,(H,15,17). The highest BCUT2D eigenvalue weighted by molar-refractivity contribution is 6.42. The van der Waals surface area contributed by atoms with E-state index in [1.807, 2.05) is 0 Å². The Balaban J connectivity index is 2.46. The summed E-state index contributed by atoms with van der Waals surface area (Å²) >= 11 is 0. The molecule has 1 N–H and O–H groups in total. The first-order chi connectivity index (χ1) is 8.15. The predicted molar refractivity (Wildman–Crippen MR) is 63.3 cm³/mol. The van der Waals surface area contributed by atoms with Crippen LogP contribution in [-0.2, 0) is 4.79 Å². The normalized spacial score (nSPS) is 10.0. The van der Waals surface area contributed by atoms with Crippen LogP contribution in [0.1, 0.15) is 36.5 Å². The van der Waals surface area contributed by atoms with Crippen LogP contribution in [0.5, 0.6) is 0 Å². The fraction of sp³-hybridized carbons (Fsp3) is 0.385. The van der Waals surface area contributed by atoms with E-state index in [1.165, 1.54) is 12.1 Å². The zero-order valence-corrected chi connectivity index (χ0v) is 9.83. The minimum atomic E-state index is -0.632. The van der Waals surface area contributed by atoms with Crippen molar-refractivity contribution < 1.29 is 14.0 Å². The highest BCUT2D eigenvalue weighted by Gasteiger charge is 2.15. The Hall–Kier alpha value is -1.71. The van der Waals surface area contributed by atoms with Crippen LogP contribution in [0, 0.1) is 5.82 Å². The van der Waals surface area contributed by atoms with Crippen LogP contribution < -0.4 is 5.32 Å². The maximum Gasteiger partial charge on any atom is 0.292 e. The molecule has 0 spiro atoms. The number of benzene rings is 1. The molecule has 17 heavy (non-hydrogen) atoms. The summed E-state index contributed by atoms with van der Waals surface area (Å²) in [4.78, 5) is 23.0. The van der Waals surface area contributed by atoms with Crippen molar-refractivity contribution >= 4 is 11.7 Å². The highest BCUT2D eigenvalue weighted by atomic mass is 19.1. The van der Waals surface area contributed by atoms with E-state index in [0.717, 1.165) is 31.4 Å². The van der Waals surface area contributed by atoms with Crippen molar-refractivity contribution in [3.8, 4) is 0 Å². The van der Waals surface area contributed by atoms with Gasteiger partial charge in [-0.15, -0.1) is 0 Å². The van der Waals surface area contributed by atoms with Crippen molar-refractivity contribution in [2.45, 2.75) is 26.2 Å². The molecule has 0 saturated carbocycles. The molecule has 0 atom stereocenters. The quantitative estimate of drug-likeness (QED) is 0.469. The molecule has 1 rings (SSSR count). The molecule has 0 saturated heterocycles. The van der Waals surface area contributed by atoms with Crippen LogP contribution >= 0.6 is 0 Å². The van der Waals surface area contributed by atoms with E-state index >= 15 is 0 Å². The van der Waals surface area contributed by atoms with Gasteiger partial charge in [0.25, 0.3) is 5.91 Å². The first-order valence-electron chi connectivity index (χ1n) is 5.73. The maximum absolute atomic E-state index is 12.6. The van der Waals surface area contributed by atoms with Crippen molar-refractivity contribution in [3.63, 3.8) is 0 Å². The second-order valence-corrected chi connectivity index (χ2v) is 3.80. The van der Waals surface area contributed by atoms with Crippen LogP contribution in [-0.4, -0.2) is 18.2 Å². The summed E-state index contributed by atoms with van der Waals surface area (Å²) in [6.45, 7) is 2.56. The molecule has 1 aromatic carbocycles. The van der Waals surface area contributed by atoms with Gasteiger partial charge in [0.1, 0.15) is 5.82 Å². The highest BCUT2D eigenvalue weighted by Crippen LogP contribution is 2.03. The molecule has 0 aliphatic rings. The maximum atomic E-state index is 12.6. The Labute approximate surface area is 100 Å². The Morgan fingerprint density at radius 3 is 2.41 bits per heavy atom. The molecule has 0 aromatic heterocycles. The molecule has 0 heterocycles. The number of unbranched alkanes of at least 4 members (excludes halogenated alkanes) is 2. The number of carbonyl (C=O) groups excluding carboxylic acids is 2. The zero-order chi connectivity index (χ0) is 12.7. The molecule has 0 fully saturated rings. The van der Waals surface area contributed by atoms with Crippen molar-refractivity contribution in [2.75, 3.05) is 6.54 Å². The number of rotatable bonds is 6. The molecule has 1 amide bonds. The van der Waals surface area contributed by atoms with Crippen molar-refractivity contribution in [1.29, 1.82) is 0 Å². The smallest absolute Gasteiger partial charge is 0.292 e. The summed E-state index contributed by atoms with van der Waals surface area (Å²) in [5, 5.41) is 2.55. The topological polar surface area (TPSA) is 46.2 Å². The molecular formula is C13H16FNO2. The van der Waals surface area contributed by atoms with Crippen LogP contribution in [0.25, 0.3) is 0 Å². The van der Waals surface area contributed by atoms with Gasteiger partial charge >= 0.3 is 0 Å². The van der Waals surface area contributed by atoms with Gasteiger partial charge in [-0.05, 0) is 30.7 Å². The monoisotopic (exact) mass is 237 g/mol. The van der Waals surface area contributed by atoms with Crippen LogP contribution in [0.15, 0.2) is 24.3 Å². The Morgan fingerprint density at radius 2 is 1.82 bits per heavy atom. The number of halogens is 1. The molecule has 0 bridgehead atoms. The summed E-state index contributed by atoms with van der Waals surface area (Å²) in [5.74, 6) is -1.68. The third kappa shape index (κ3) is 4.34. The molecule has 92 valence electrons. The Kier molecular flexibility index (Phi) is 5.33. The van der Waals surface area contributed by atoms with E-state index in [0.29, 0.717) is 6.54 Å². The van der Waals surface area contributed by atoms with Gasteiger partial charge in [0.2, 0.25) is 5.78 Å². The van der Waals surface area contributed by atoms with Gasteiger partial charge in [0, 0.05) is 12.1 Å². The zero-order valence-electron chi connectivity index (χ0n) is 9.83. The lowest BCUT2D eigenvalue weighted by atomic mass is 10.1. The molecule has 4 heteroatoms. The van der Waals surface area contributed by atoms with E-state index in [2.05, 4.69) is 12.2 Å². The second kappa shape index (κ2) is 6.78. The van der Waals surface area contributed by atoms with Crippen molar-refractivity contribution in [3.05, 3.63) is 35.6 Å². The Bertz CT molecular complexity index is 387. The molecule has 0 radical (unpaired) electrons. The summed E-state index contributed by atoms with van der Waals surface area (Å²) in [6.07, 6.45) is 2.94. The number of Topliss-reactive ketones (excluding diaryl/α,β-unsaturated/α-hetero) is 1. The first-order valence-corrected chi connectivity index (χ1v) is 5.73. The number of amides is 1. The molecule has 0 unspecified atom stereocenters. The number of nitrogens with one attached hydrogen (secondary N) is 1. The van der Waals surface area contributed by atoms with E-state index in [1.54, 1.807) is 0 Å². The van der Waals surface area contributed by atoms with E-state index < -0.39 is 17.5 Å². The fourth-order valence-electron chi connectivity index (χ4n) is 1.39. The summed E-state index contributed by atoms with van der Waals surface area (Å²) in [6, 6.07) is 4.95. The summed E-state index contributed by atoms with van der Waals surface area (Å²) < 4.78 is 12.6. The van der Waals surface area contributed by atoms with Crippen molar-refractivity contribution in [1.82, 2.24) is 5.32 Å². The lowest BCUT2D eigenvalue weighted by molar-refractivity contribution is -0.117. The predicted octanol–water partition coefficient (Wildman–Crippen LogP) is 2.31. The van der Waals surface area contributed by atoms with E-state index in [4.69, 9.17) is 0 Å². The minimum Gasteiger partial charge on any atom is -0.349 e. The number of carbonyl (C=O) groups is 2. The molecule has 3 nitrogen and oxygen atoms in total. The molecule has 0 aliphatic heterocycles. The van der Waals surface area contributed by atoms with Gasteiger partial charge in [-0.3, -0.25) is 9.59 Å². The first kappa shape index (κ1) is 13.4. The third-order valence-corrected chi connectivity index (χ3v) is 2.38. The largest absolute Gasteiger partial charge is 0.349 e. The van der Waals surface area contributed by atoms with Gasteiger partial charge in [0.15, 0.2) is 0 Å². The molecule has 0 aliphatic carbocycles. The summed E-state index contributed by atoms with van der Waals surface area (Å²) in [7, 11) is 0. The molecule has 1 aromatic rings. The lowest BCUT2D eigenvalue weighted by Gasteiger charge is -2.03. The molecular weight excluding hydrogens is 221 g/mol. The van der Waals surface area contributed by atoms with Gasteiger partial charge in [0.05, 0.1) is 0 Å². The van der Waals surface area contributed by atoms with Gasteiger partial charge in [-0.2, -0.15) is 0 Å². The number of ketones is 1. The van der Waals surface area contributed by atoms with Gasteiger partial charge in [-0.1, -0.05) is 19.8 Å². The van der Waals surface area contributed by atoms with Crippen LogP contribution in [0.3, 0.4) is 0 Å². The lowest BCUT2D eigenvalue weighted by Crippen LogP contribution is -2.31. The van der Waals surface area contributed by atoms with Crippen LogP contribution in [0.2, 0.25) is 0 Å². The Morgan fingerprint density at radius 1 is 1.18 bits per heavy atom. The number of hydrogen-bond donors (Lipinski definition) is 1. The number of hydrogen-bond acceptors (Lipinski definition) is 2. The van der Waals surface area contributed by atoms with Crippen LogP contribution in [0.4, 0.5) is 4.39 Å².